The summed E-state index contributed by atoms with van der Waals surface area (Å²) in [6, 6.07) is 8.57. The lowest BCUT2D eigenvalue weighted by Gasteiger charge is -2.21. The largest absolute Gasteiger partial charge is 0.508 e. The van der Waals surface area contributed by atoms with Gasteiger partial charge in [0.2, 0.25) is 0 Å². The van der Waals surface area contributed by atoms with E-state index in [4.69, 9.17) is 4.42 Å². The normalized spacial score (nSPS) is 14.3. The Morgan fingerprint density at radius 2 is 2.16 bits per heavy atom. The lowest BCUT2D eigenvalue weighted by molar-refractivity contribution is 0.0340. The van der Waals surface area contributed by atoms with E-state index in [-0.39, 0.29) is 5.75 Å². The second-order valence-electron chi connectivity index (χ2n) is 4.63. The zero-order chi connectivity index (χ0) is 13.9. The fourth-order valence-corrected chi connectivity index (χ4v) is 2.20. The second kappa shape index (κ2) is 5.77. The molecule has 1 aromatic heterocycles. The van der Waals surface area contributed by atoms with E-state index in [0.29, 0.717) is 18.8 Å². The number of furan rings is 1. The first-order valence-corrected chi connectivity index (χ1v) is 6.73. The highest BCUT2D eigenvalue weighted by molar-refractivity contribution is 9.10. The third-order valence-corrected chi connectivity index (χ3v) is 3.64. The number of hydrogen-bond acceptors (Lipinski definition) is 4. The number of halogens is 1. The van der Waals surface area contributed by atoms with E-state index in [1.165, 1.54) is 6.26 Å². The van der Waals surface area contributed by atoms with Crippen molar-refractivity contribution in [2.24, 2.45) is 0 Å². The van der Waals surface area contributed by atoms with Crippen LogP contribution < -0.4 is 5.32 Å². The Labute approximate surface area is 120 Å². The standard InChI is InChI=1S/C14H16BrNO3/c1-14(18,13-3-2-6-19-13)9-16-8-10-7-11(17)4-5-12(10)15/h2-7,16-18H,8-9H2,1H3. The van der Waals surface area contributed by atoms with E-state index < -0.39 is 5.60 Å². The van der Waals surface area contributed by atoms with E-state index >= 15 is 0 Å². The third-order valence-electron chi connectivity index (χ3n) is 2.87. The van der Waals surface area contributed by atoms with Gasteiger partial charge in [-0.2, -0.15) is 0 Å². The zero-order valence-corrected chi connectivity index (χ0v) is 12.1. The summed E-state index contributed by atoms with van der Waals surface area (Å²) in [5.74, 6) is 0.743. The minimum absolute atomic E-state index is 0.220. The Morgan fingerprint density at radius 1 is 1.37 bits per heavy atom. The van der Waals surface area contributed by atoms with Crippen LogP contribution in [-0.4, -0.2) is 16.8 Å². The Balaban J connectivity index is 1.95. The van der Waals surface area contributed by atoms with Gasteiger partial charge in [0, 0.05) is 17.6 Å². The highest BCUT2D eigenvalue weighted by Gasteiger charge is 2.25. The molecule has 2 rings (SSSR count). The van der Waals surface area contributed by atoms with Crippen LogP contribution in [0, 0.1) is 0 Å². The molecule has 5 heteroatoms. The summed E-state index contributed by atoms with van der Waals surface area (Å²) in [5.41, 5.74) is -0.137. The van der Waals surface area contributed by atoms with Gasteiger partial charge in [-0.1, -0.05) is 15.9 Å². The molecule has 1 aromatic carbocycles. The van der Waals surface area contributed by atoms with Crippen LogP contribution in [0.15, 0.2) is 45.5 Å². The Hall–Kier alpha value is -1.30. The van der Waals surface area contributed by atoms with E-state index in [0.717, 1.165) is 10.0 Å². The molecule has 1 atom stereocenters. The molecule has 0 aliphatic carbocycles. The number of aliphatic hydroxyl groups is 1. The first kappa shape index (κ1) is 14.1. The van der Waals surface area contributed by atoms with Crippen molar-refractivity contribution < 1.29 is 14.6 Å². The molecule has 2 aromatic rings. The molecule has 0 saturated heterocycles. The van der Waals surface area contributed by atoms with Crippen molar-refractivity contribution in [2.75, 3.05) is 6.54 Å². The number of phenols is 1. The molecule has 0 saturated carbocycles. The molecular weight excluding hydrogens is 310 g/mol. The van der Waals surface area contributed by atoms with Crippen LogP contribution in [-0.2, 0) is 12.1 Å². The maximum absolute atomic E-state index is 10.3. The van der Waals surface area contributed by atoms with Crippen LogP contribution in [0.4, 0.5) is 0 Å². The summed E-state index contributed by atoms with van der Waals surface area (Å²) in [6.45, 7) is 2.57. The molecule has 4 nitrogen and oxygen atoms in total. The average Bonchev–Trinajstić information content (AvgIpc) is 2.88. The third kappa shape index (κ3) is 3.59. The number of nitrogens with one attached hydrogen (secondary N) is 1. The van der Waals surface area contributed by atoms with Gasteiger partial charge in [-0.05, 0) is 42.8 Å². The van der Waals surface area contributed by atoms with Crippen molar-refractivity contribution in [1.82, 2.24) is 5.32 Å². The first-order valence-electron chi connectivity index (χ1n) is 5.93. The molecular formula is C14H16BrNO3. The van der Waals surface area contributed by atoms with Gasteiger partial charge >= 0.3 is 0 Å². The maximum atomic E-state index is 10.3. The summed E-state index contributed by atoms with van der Waals surface area (Å²) in [7, 11) is 0. The van der Waals surface area contributed by atoms with Crippen molar-refractivity contribution in [3.8, 4) is 5.75 Å². The van der Waals surface area contributed by atoms with Crippen LogP contribution in [0.5, 0.6) is 5.75 Å². The van der Waals surface area contributed by atoms with E-state index in [2.05, 4.69) is 21.2 Å². The molecule has 0 fully saturated rings. The number of benzene rings is 1. The van der Waals surface area contributed by atoms with Crippen molar-refractivity contribution in [1.29, 1.82) is 0 Å². The predicted molar refractivity (Wildman–Crippen MR) is 75.8 cm³/mol. The van der Waals surface area contributed by atoms with Gasteiger partial charge in [-0.15, -0.1) is 0 Å². The summed E-state index contributed by atoms with van der Waals surface area (Å²) in [4.78, 5) is 0. The average molecular weight is 326 g/mol. The fourth-order valence-electron chi connectivity index (χ4n) is 1.81. The van der Waals surface area contributed by atoms with Crippen LogP contribution in [0.1, 0.15) is 18.2 Å². The molecule has 102 valence electrons. The molecule has 0 amide bonds. The van der Waals surface area contributed by atoms with Gasteiger partial charge in [0.05, 0.1) is 6.26 Å². The number of hydrogen-bond donors (Lipinski definition) is 3. The van der Waals surface area contributed by atoms with Crippen LogP contribution in [0.25, 0.3) is 0 Å². The molecule has 0 spiro atoms. The Bertz CT molecular complexity index is 538. The molecule has 3 N–H and O–H groups in total. The minimum atomic E-state index is -1.06. The fraction of sp³-hybridized carbons (Fsp3) is 0.286. The summed E-state index contributed by atoms with van der Waals surface area (Å²) >= 11 is 3.42. The molecule has 0 aliphatic rings. The minimum Gasteiger partial charge on any atom is -0.508 e. The van der Waals surface area contributed by atoms with Crippen LogP contribution in [0.2, 0.25) is 0 Å². The monoisotopic (exact) mass is 325 g/mol. The molecule has 0 bridgehead atoms. The number of rotatable bonds is 5. The second-order valence-corrected chi connectivity index (χ2v) is 5.48. The number of aromatic hydroxyl groups is 1. The molecule has 1 unspecified atom stereocenters. The predicted octanol–water partition coefficient (Wildman–Crippen LogP) is 2.75. The maximum Gasteiger partial charge on any atom is 0.136 e. The highest BCUT2D eigenvalue weighted by atomic mass is 79.9. The first-order chi connectivity index (χ1) is 8.99. The smallest absolute Gasteiger partial charge is 0.136 e. The zero-order valence-electron chi connectivity index (χ0n) is 10.6. The highest BCUT2D eigenvalue weighted by Crippen LogP contribution is 2.23. The van der Waals surface area contributed by atoms with Crippen molar-refractivity contribution in [2.45, 2.75) is 19.1 Å². The van der Waals surface area contributed by atoms with Crippen molar-refractivity contribution in [3.05, 3.63) is 52.4 Å². The van der Waals surface area contributed by atoms with Gasteiger partial charge in [0.25, 0.3) is 0 Å². The van der Waals surface area contributed by atoms with Gasteiger partial charge in [-0.3, -0.25) is 0 Å². The molecule has 19 heavy (non-hydrogen) atoms. The SMILES string of the molecule is CC(O)(CNCc1cc(O)ccc1Br)c1ccco1. The van der Waals surface area contributed by atoms with E-state index in [1.807, 2.05) is 0 Å². The lowest BCUT2D eigenvalue weighted by Crippen LogP contribution is -2.34. The van der Waals surface area contributed by atoms with E-state index in [9.17, 15) is 10.2 Å². The molecule has 0 aliphatic heterocycles. The summed E-state index contributed by atoms with van der Waals surface area (Å²) in [6.07, 6.45) is 1.54. The van der Waals surface area contributed by atoms with Crippen LogP contribution in [0.3, 0.4) is 0 Å². The van der Waals surface area contributed by atoms with Crippen molar-refractivity contribution >= 4 is 15.9 Å². The van der Waals surface area contributed by atoms with Gasteiger partial charge in [0.15, 0.2) is 0 Å². The Kier molecular flexibility index (Phi) is 4.29. The van der Waals surface area contributed by atoms with Gasteiger partial charge < -0.3 is 19.9 Å². The molecule has 1 heterocycles. The summed E-state index contributed by atoms with van der Waals surface area (Å²) < 4.78 is 6.12. The topological polar surface area (TPSA) is 65.6 Å². The summed E-state index contributed by atoms with van der Waals surface area (Å²) in [5, 5.41) is 22.8. The van der Waals surface area contributed by atoms with Crippen LogP contribution >= 0.6 is 15.9 Å². The van der Waals surface area contributed by atoms with E-state index in [1.54, 1.807) is 37.3 Å². The van der Waals surface area contributed by atoms with Crippen molar-refractivity contribution in [3.63, 3.8) is 0 Å². The Morgan fingerprint density at radius 3 is 2.84 bits per heavy atom. The molecule has 0 radical (unpaired) electrons. The number of phenolic OH excluding ortho intramolecular Hbond substituents is 1. The van der Waals surface area contributed by atoms with Gasteiger partial charge in [-0.25, -0.2) is 0 Å². The quantitative estimate of drug-likeness (QED) is 0.790. The van der Waals surface area contributed by atoms with Gasteiger partial charge in [0.1, 0.15) is 17.1 Å². The lowest BCUT2D eigenvalue weighted by atomic mass is 10.0.